The number of fused-ring (bicyclic) bond motifs is 1. The lowest BCUT2D eigenvalue weighted by molar-refractivity contribution is 0.793. The number of aromatic nitrogens is 3. The molecule has 19 heavy (non-hydrogen) atoms. The molecule has 0 fully saturated rings. The van der Waals surface area contributed by atoms with Gasteiger partial charge in [-0.25, -0.2) is 9.97 Å². The van der Waals surface area contributed by atoms with Crippen molar-refractivity contribution in [3.63, 3.8) is 0 Å². The van der Waals surface area contributed by atoms with Crippen molar-refractivity contribution in [1.82, 2.24) is 14.5 Å². The predicted octanol–water partition coefficient (Wildman–Crippen LogP) is 3.35. The number of aryl methyl sites for hydroxylation is 1. The average molecular weight is 273 g/mol. The van der Waals surface area contributed by atoms with Gasteiger partial charge in [-0.1, -0.05) is 23.7 Å². The van der Waals surface area contributed by atoms with Gasteiger partial charge < -0.3 is 10.3 Å². The van der Waals surface area contributed by atoms with E-state index >= 15 is 0 Å². The van der Waals surface area contributed by atoms with E-state index in [4.69, 9.17) is 17.3 Å². The second-order valence-electron chi connectivity index (χ2n) is 4.23. The number of nitrogens with two attached hydrogens (primary N) is 1. The fraction of sp³-hybridized carbons (Fsp3) is 0.143. The smallest absolute Gasteiger partial charge is 0.159 e. The van der Waals surface area contributed by atoms with E-state index in [2.05, 4.69) is 21.5 Å². The van der Waals surface area contributed by atoms with Crippen LogP contribution >= 0.6 is 11.6 Å². The molecule has 0 unspecified atom stereocenters. The van der Waals surface area contributed by atoms with Gasteiger partial charge in [0.05, 0.1) is 16.1 Å². The van der Waals surface area contributed by atoms with Crippen molar-refractivity contribution < 1.29 is 0 Å². The Morgan fingerprint density at radius 2 is 1.95 bits per heavy atom. The zero-order valence-electron chi connectivity index (χ0n) is 10.5. The SMILES string of the molecule is CCn1c(-c2cccc(N)n2)nc2cccc(Cl)c21. The van der Waals surface area contributed by atoms with Crippen molar-refractivity contribution in [1.29, 1.82) is 0 Å². The normalized spacial score (nSPS) is 11.1. The van der Waals surface area contributed by atoms with Gasteiger partial charge in [-0.15, -0.1) is 0 Å². The Morgan fingerprint density at radius 3 is 2.68 bits per heavy atom. The second kappa shape index (κ2) is 4.55. The maximum atomic E-state index is 6.27. The molecule has 4 nitrogen and oxygen atoms in total. The monoisotopic (exact) mass is 272 g/mol. The summed E-state index contributed by atoms with van der Waals surface area (Å²) in [6.07, 6.45) is 0. The number of para-hydroxylation sites is 1. The van der Waals surface area contributed by atoms with Crippen LogP contribution in [-0.2, 0) is 6.54 Å². The summed E-state index contributed by atoms with van der Waals surface area (Å²) >= 11 is 6.27. The number of halogens is 1. The number of nitrogens with zero attached hydrogens (tertiary/aromatic N) is 3. The molecule has 5 heteroatoms. The second-order valence-corrected chi connectivity index (χ2v) is 4.64. The fourth-order valence-electron chi connectivity index (χ4n) is 2.22. The summed E-state index contributed by atoms with van der Waals surface area (Å²) in [5, 5.41) is 0.696. The fourth-order valence-corrected chi connectivity index (χ4v) is 2.49. The highest BCUT2D eigenvalue weighted by molar-refractivity contribution is 6.35. The van der Waals surface area contributed by atoms with Crippen LogP contribution in [0.15, 0.2) is 36.4 Å². The van der Waals surface area contributed by atoms with Crippen LogP contribution < -0.4 is 5.73 Å². The van der Waals surface area contributed by atoms with Gasteiger partial charge in [-0.05, 0) is 31.2 Å². The number of nitrogen functional groups attached to an aromatic ring is 1. The van der Waals surface area contributed by atoms with Crippen LogP contribution in [0.5, 0.6) is 0 Å². The molecule has 1 aromatic carbocycles. The molecule has 2 aromatic heterocycles. The maximum absolute atomic E-state index is 6.27. The molecule has 0 aliphatic heterocycles. The number of anilines is 1. The van der Waals surface area contributed by atoms with E-state index in [9.17, 15) is 0 Å². The first-order valence-electron chi connectivity index (χ1n) is 6.08. The number of rotatable bonds is 2. The minimum Gasteiger partial charge on any atom is -0.384 e. The number of benzene rings is 1. The van der Waals surface area contributed by atoms with Gasteiger partial charge in [-0.3, -0.25) is 0 Å². The van der Waals surface area contributed by atoms with E-state index < -0.39 is 0 Å². The van der Waals surface area contributed by atoms with Gasteiger partial charge in [0.15, 0.2) is 5.82 Å². The van der Waals surface area contributed by atoms with Gasteiger partial charge in [0, 0.05) is 6.54 Å². The molecule has 3 rings (SSSR count). The van der Waals surface area contributed by atoms with Crippen LogP contribution in [0.2, 0.25) is 5.02 Å². The van der Waals surface area contributed by atoms with Crippen molar-refractivity contribution in [3.05, 3.63) is 41.4 Å². The third-order valence-corrected chi connectivity index (χ3v) is 3.34. The molecule has 2 heterocycles. The maximum Gasteiger partial charge on any atom is 0.159 e. The highest BCUT2D eigenvalue weighted by Gasteiger charge is 2.14. The van der Waals surface area contributed by atoms with Crippen LogP contribution in [0.3, 0.4) is 0 Å². The predicted molar refractivity (Wildman–Crippen MR) is 78.1 cm³/mol. The lowest BCUT2D eigenvalue weighted by atomic mass is 10.3. The molecular weight excluding hydrogens is 260 g/mol. The average Bonchev–Trinajstić information content (AvgIpc) is 2.78. The Labute approximate surface area is 115 Å². The molecule has 0 atom stereocenters. The van der Waals surface area contributed by atoms with Crippen molar-refractivity contribution in [2.24, 2.45) is 0 Å². The van der Waals surface area contributed by atoms with E-state index in [1.807, 2.05) is 30.3 Å². The highest BCUT2D eigenvalue weighted by Crippen LogP contribution is 2.28. The van der Waals surface area contributed by atoms with Crippen LogP contribution in [-0.4, -0.2) is 14.5 Å². The van der Waals surface area contributed by atoms with Gasteiger partial charge >= 0.3 is 0 Å². The summed E-state index contributed by atoms with van der Waals surface area (Å²) in [6, 6.07) is 11.2. The summed E-state index contributed by atoms with van der Waals surface area (Å²) in [6.45, 7) is 2.83. The van der Waals surface area contributed by atoms with Gasteiger partial charge in [0.1, 0.15) is 11.5 Å². The number of imidazole rings is 1. The topological polar surface area (TPSA) is 56.7 Å². The van der Waals surface area contributed by atoms with Crippen molar-refractivity contribution in [3.8, 4) is 11.5 Å². The molecule has 0 saturated heterocycles. The number of pyridine rings is 1. The zero-order valence-corrected chi connectivity index (χ0v) is 11.2. The first-order chi connectivity index (χ1) is 9.20. The summed E-state index contributed by atoms with van der Waals surface area (Å²) in [5.74, 6) is 1.27. The Balaban J connectivity index is 2.33. The molecule has 0 saturated carbocycles. The standard InChI is InChI=1S/C14H13ClN4/c1-2-19-13-9(15)5-3-6-10(13)18-14(19)11-7-4-8-12(16)17-11/h3-8H,2H2,1H3,(H2,16,17). The van der Waals surface area contributed by atoms with Gasteiger partial charge in [0.2, 0.25) is 0 Å². The molecule has 0 bridgehead atoms. The minimum atomic E-state index is 0.485. The minimum absolute atomic E-state index is 0.485. The summed E-state index contributed by atoms with van der Waals surface area (Å²) < 4.78 is 2.06. The molecule has 0 amide bonds. The quantitative estimate of drug-likeness (QED) is 0.778. The molecule has 3 aromatic rings. The molecule has 0 aliphatic carbocycles. The van der Waals surface area contributed by atoms with Gasteiger partial charge in [-0.2, -0.15) is 0 Å². The molecule has 0 aliphatic rings. The molecule has 96 valence electrons. The zero-order chi connectivity index (χ0) is 13.4. The van der Waals surface area contributed by atoms with E-state index in [0.29, 0.717) is 10.8 Å². The number of hydrogen-bond acceptors (Lipinski definition) is 3. The number of hydrogen-bond donors (Lipinski definition) is 1. The molecular formula is C14H13ClN4. The Hall–Kier alpha value is -2.07. The van der Waals surface area contributed by atoms with Crippen LogP contribution in [0.25, 0.3) is 22.6 Å². The van der Waals surface area contributed by atoms with Crippen molar-refractivity contribution in [2.75, 3.05) is 5.73 Å². The summed E-state index contributed by atoms with van der Waals surface area (Å²) in [5.41, 5.74) is 8.30. The lowest BCUT2D eigenvalue weighted by Crippen LogP contribution is -2.00. The largest absolute Gasteiger partial charge is 0.384 e. The van der Waals surface area contributed by atoms with Crippen molar-refractivity contribution >= 4 is 28.5 Å². The lowest BCUT2D eigenvalue weighted by Gasteiger charge is -2.06. The Bertz CT molecular complexity index is 748. The van der Waals surface area contributed by atoms with Crippen LogP contribution in [0.4, 0.5) is 5.82 Å². The van der Waals surface area contributed by atoms with Gasteiger partial charge in [0.25, 0.3) is 0 Å². The molecule has 2 N–H and O–H groups in total. The summed E-state index contributed by atoms with van der Waals surface area (Å²) in [7, 11) is 0. The van der Waals surface area contributed by atoms with E-state index in [1.54, 1.807) is 6.07 Å². The first kappa shape index (κ1) is 12.0. The van der Waals surface area contributed by atoms with E-state index in [0.717, 1.165) is 29.1 Å². The Morgan fingerprint density at radius 1 is 1.16 bits per heavy atom. The van der Waals surface area contributed by atoms with E-state index in [1.165, 1.54) is 0 Å². The molecule has 0 spiro atoms. The van der Waals surface area contributed by atoms with Crippen LogP contribution in [0.1, 0.15) is 6.92 Å². The molecule has 0 radical (unpaired) electrons. The first-order valence-corrected chi connectivity index (χ1v) is 6.46. The van der Waals surface area contributed by atoms with Crippen molar-refractivity contribution in [2.45, 2.75) is 13.5 Å². The third-order valence-electron chi connectivity index (χ3n) is 3.03. The van der Waals surface area contributed by atoms with E-state index in [-0.39, 0.29) is 0 Å². The highest BCUT2D eigenvalue weighted by atomic mass is 35.5. The Kier molecular flexibility index (Phi) is 2.87. The third kappa shape index (κ3) is 1.94. The van der Waals surface area contributed by atoms with Crippen LogP contribution in [0, 0.1) is 0 Å². The summed E-state index contributed by atoms with van der Waals surface area (Å²) in [4.78, 5) is 8.94.